The lowest BCUT2D eigenvalue weighted by Gasteiger charge is -2.21. The van der Waals surface area contributed by atoms with Crippen LogP contribution in [0.2, 0.25) is 0 Å². The summed E-state index contributed by atoms with van der Waals surface area (Å²) in [5.41, 5.74) is 2.41. The van der Waals surface area contributed by atoms with E-state index in [1.165, 1.54) is 6.07 Å². The first-order valence-corrected chi connectivity index (χ1v) is 12.5. The second-order valence-electron chi connectivity index (χ2n) is 10.4. The molecule has 37 heavy (non-hydrogen) atoms. The van der Waals surface area contributed by atoms with Crippen molar-refractivity contribution < 1.29 is 14.2 Å². The summed E-state index contributed by atoms with van der Waals surface area (Å²) in [6.07, 6.45) is 4.18. The van der Waals surface area contributed by atoms with Gasteiger partial charge in [-0.05, 0) is 50.5 Å². The Morgan fingerprint density at radius 2 is 1.73 bits per heavy atom. The van der Waals surface area contributed by atoms with Crippen LogP contribution in [0.4, 0.5) is 4.39 Å². The predicted octanol–water partition coefficient (Wildman–Crippen LogP) is 6.36. The minimum absolute atomic E-state index is 0.0528. The van der Waals surface area contributed by atoms with E-state index in [9.17, 15) is 5.11 Å². The van der Waals surface area contributed by atoms with Crippen LogP contribution in [0.15, 0.2) is 79.1 Å². The van der Waals surface area contributed by atoms with Crippen LogP contribution in [0.1, 0.15) is 49.4 Å². The third-order valence-electron chi connectivity index (χ3n) is 7.38. The van der Waals surface area contributed by atoms with Crippen LogP contribution in [0.25, 0.3) is 22.2 Å². The number of aliphatic hydroxyl groups is 1. The molecule has 0 spiro atoms. The zero-order valence-electron chi connectivity index (χ0n) is 20.5. The summed E-state index contributed by atoms with van der Waals surface area (Å²) in [5.74, 6) is 3.33. The Hall–Kier alpha value is -4.10. The molecule has 3 heterocycles. The van der Waals surface area contributed by atoms with E-state index in [0.717, 1.165) is 34.8 Å². The number of para-hydroxylation sites is 2. The summed E-state index contributed by atoms with van der Waals surface area (Å²) < 4.78 is 23.8. The van der Waals surface area contributed by atoms with Crippen molar-refractivity contribution in [3.05, 3.63) is 102 Å². The van der Waals surface area contributed by atoms with Crippen molar-refractivity contribution >= 4 is 11.0 Å². The number of benzene rings is 3. The maximum atomic E-state index is 15.3. The van der Waals surface area contributed by atoms with Crippen molar-refractivity contribution in [1.82, 2.24) is 19.5 Å². The van der Waals surface area contributed by atoms with Crippen LogP contribution < -0.4 is 4.74 Å². The zero-order chi connectivity index (χ0) is 25.3. The fraction of sp³-hybridized carbons (Fsp3) is 0.233. The number of rotatable bonds is 5. The highest BCUT2D eigenvalue weighted by atomic mass is 19.1. The molecule has 3 atom stereocenters. The molecule has 7 heteroatoms. The Balaban J connectivity index is 1.34. The van der Waals surface area contributed by atoms with Gasteiger partial charge < -0.3 is 14.4 Å². The number of hydrogen-bond donors (Lipinski definition) is 1. The van der Waals surface area contributed by atoms with E-state index in [4.69, 9.17) is 9.72 Å². The van der Waals surface area contributed by atoms with Gasteiger partial charge in [-0.15, -0.1) is 0 Å². The van der Waals surface area contributed by atoms with Gasteiger partial charge in [-0.2, -0.15) is 0 Å². The summed E-state index contributed by atoms with van der Waals surface area (Å²) in [6.45, 7) is 3.24. The Labute approximate surface area is 213 Å². The molecule has 0 bridgehead atoms. The Kier molecular flexibility index (Phi) is 4.75. The molecule has 1 aliphatic heterocycles. The van der Waals surface area contributed by atoms with E-state index >= 15 is 4.39 Å². The summed E-state index contributed by atoms with van der Waals surface area (Å²) >= 11 is 0. The van der Waals surface area contributed by atoms with Gasteiger partial charge >= 0.3 is 0 Å². The minimum Gasteiger partial charge on any atom is -0.457 e. The van der Waals surface area contributed by atoms with E-state index < -0.39 is 5.60 Å². The second-order valence-corrected chi connectivity index (χ2v) is 10.4. The van der Waals surface area contributed by atoms with Crippen LogP contribution in [0, 0.1) is 11.7 Å². The second kappa shape index (κ2) is 7.95. The van der Waals surface area contributed by atoms with E-state index in [1.54, 1.807) is 26.2 Å². The maximum absolute atomic E-state index is 15.3. The normalized spacial score (nSPS) is 20.1. The topological polar surface area (TPSA) is 73.1 Å². The molecule has 184 valence electrons. The van der Waals surface area contributed by atoms with Gasteiger partial charge in [-0.25, -0.2) is 19.3 Å². The van der Waals surface area contributed by atoms with Crippen molar-refractivity contribution in [3.63, 3.8) is 0 Å². The third-order valence-corrected chi connectivity index (χ3v) is 7.38. The number of hydrogen-bond acceptors (Lipinski definition) is 5. The zero-order valence-corrected chi connectivity index (χ0v) is 20.5. The summed E-state index contributed by atoms with van der Waals surface area (Å²) in [7, 11) is 0. The minimum atomic E-state index is -1.17. The predicted molar refractivity (Wildman–Crippen MR) is 138 cm³/mol. The third kappa shape index (κ3) is 3.61. The van der Waals surface area contributed by atoms with Crippen molar-refractivity contribution in [2.45, 2.75) is 37.8 Å². The van der Waals surface area contributed by atoms with E-state index in [0.29, 0.717) is 28.5 Å². The molecule has 1 aliphatic carbocycles. The van der Waals surface area contributed by atoms with E-state index in [1.807, 2.05) is 54.6 Å². The van der Waals surface area contributed by atoms with Gasteiger partial charge in [0, 0.05) is 41.1 Å². The first kappa shape index (κ1) is 22.1. The van der Waals surface area contributed by atoms with Gasteiger partial charge in [-0.3, -0.25) is 0 Å². The molecule has 0 radical (unpaired) electrons. The van der Waals surface area contributed by atoms with Crippen LogP contribution in [-0.4, -0.2) is 24.6 Å². The molecule has 5 aromatic rings. The number of ether oxygens (including phenoxy) is 1. The first-order valence-electron chi connectivity index (χ1n) is 12.5. The Morgan fingerprint density at radius 3 is 2.49 bits per heavy atom. The van der Waals surface area contributed by atoms with Gasteiger partial charge in [0.2, 0.25) is 0 Å². The van der Waals surface area contributed by atoms with E-state index in [-0.39, 0.29) is 17.7 Å². The van der Waals surface area contributed by atoms with Crippen molar-refractivity contribution in [1.29, 1.82) is 0 Å². The number of aromatic nitrogens is 4. The van der Waals surface area contributed by atoms with Crippen LogP contribution >= 0.6 is 0 Å². The van der Waals surface area contributed by atoms with Crippen LogP contribution in [0.3, 0.4) is 0 Å². The lowest BCUT2D eigenvalue weighted by Crippen LogP contribution is -2.19. The molecule has 0 saturated heterocycles. The van der Waals surface area contributed by atoms with Crippen LogP contribution in [-0.2, 0) is 5.60 Å². The number of halogens is 1. The van der Waals surface area contributed by atoms with Gasteiger partial charge in [0.05, 0.1) is 17.1 Å². The first-order chi connectivity index (χ1) is 17.9. The molecule has 1 fully saturated rings. The standard InChI is InChI=1S/C30H25FN4O2/c1-30(2,36)29-32-15-17(16-33-29)20-13-25-24(14-23(20)31)34-28-22-12-21(22)27(35(25)28)19-10-6-7-11-26(19)37-18-8-4-3-5-9-18/h3-11,13-16,21-22,27,36H,12H2,1-2H3/t21-,22+,27+/m1/s1. The Bertz CT molecular complexity index is 1640. The van der Waals surface area contributed by atoms with E-state index in [2.05, 4.69) is 20.6 Å². The van der Waals surface area contributed by atoms with Gasteiger partial charge in [-0.1, -0.05) is 36.4 Å². The number of nitrogens with zero attached hydrogens (tertiary/aromatic N) is 4. The molecule has 0 unspecified atom stereocenters. The molecule has 1 saturated carbocycles. The quantitative estimate of drug-likeness (QED) is 0.309. The SMILES string of the molecule is CC(C)(O)c1ncc(-c2cc3c(cc2F)nc2n3[C@@H](c3ccccc3Oc3ccccc3)[C@@H]3C[C@H]23)cn1. The summed E-state index contributed by atoms with van der Waals surface area (Å²) in [4.78, 5) is 13.4. The average Bonchev–Trinajstić information content (AvgIpc) is 3.50. The highest BCUT2D eigenvalue weighted by Gasteiger charge is 2.55. The molecule has 6 nitrogen and oxygen atoms in total. The van der Waals surface area contributed by atoms with Crippen LogP contribution in [0.5, 0.6) is 11.5 Å². The lowest BCUT2D eigenvalue weighted by molar-refractivity contribution is 0.0687. The molecule has 7 rings (SSSR count). The molecule has 0 amide bonds. The van der Waals surface area contributed by atoms with Gasteiger partial charge in [0.25, 0.3) is 0 Å². The fourth-order valence-electron chi connectivity index (χ4n) is 5.55. The molecule has 1 N–H and O–H groups in total. The molecule has 3 aromatic carbocycles. The number of fused-ring (bicyclic) bond motifs is 5. The smallest absolute Gasteiger partial charge is 0.159 e. The monoisotopic (exact) mass is 492 g/mol. The van der Waals surface area contributed by atoms with Crippen molar-refractivity contribution in [2.24, 2.45) is 5.92 Å². The lowest BCUT2D eigenvalue weighted by atomic mass is 10.0. The summed E-state index contributed by atoms with van der Waals surface area (Å²) in [5, 5.41) is 10.2. The molecular weight excluding hydrogens is 467 g/mol. The van der Waals surface area contributed by atoms with Gasteiger partial charge in [0.1, 0.15) is 28.7 Å². The largest absolute Gasteiger partial charge is 0.457 e. The number of imidazole rings is 1. The summed E-state index contributed by atoms with van der Waals surface area (Å²) in [6, 6.07) is 21.3. The maximum Gasteiger partial charge on any atom is 0.159 e. The molecule has 2 aliphatic rings. The fourth-order valence-corrected chi connectivity index (χ4v) is 5.55. The Morgan fingerprint density at radius 1 is 1.00 bits per heavy atom. The van der Waals surface area contributed by atoms with Crippen molar-refractivity contribution in [3.8, 4) is 22.6 Å². The molecular formula is C30H25FN4O2. The van der Waals surface area contributed by atoms with Crippen molar-refractivity contribution in [2.75, 3.05) is 0 Å². The highest BCUT2D eigenvalue weighted by molar-refractivity contribution is 5.84. The molecule has 2 aromatic heterocycles. The average molecular weight is 493 g/mol. The highest BCUT2D eigenvalue weighted by Crippen LogP contribution is 2.63. The van der Waals surface area contributed by atoms with Gasteiger partial charge in [0.15, 0.2) is 5.82 Å².